The second-order valence-electron chi connectivity index (χ2n) is 11.6. The second-order valence-corrected chi connectivity index (χ2v) is 11.6. The van der Waals surface area contributed by atoms with Crippen LogP contribution >= 0.6 is 0 Å². The maximum Gasteiger partial charge on any atom is 0.161 e. The fourth-order valence-corrected chi connectivity index (χ4v) is 5.30. The lowest BCUT2D eigenvalue weighted by Crippen LogP contribution is -2.25. The van der Waals surface area contributed by atoms with Crippen molar-refractivity contribution in [1.29, 1.82) is 0 Å². The summed E-state index contributed by atoms with van der Waals surface area (Å²) < 4.78 is 24.6. The van der Waals surface area contributed by atoms with Crippen molar-refractivity contribution in [1.82, 2.24) is 0 Å². The molecule has 1 unspecified atom stereocenters. The number of unbranched alkanes of at least 4 members (excludes halogenated alkanes) is 8. The third kappa shape index (κ3) is 10.3. The first-order chi connectivity index (χ1) is 21.0. The molecule has 1 aliphatic rings. The Hall–Kier alpha value is -2.99. The smallest absolute Gasteiger partial charge is 0.161 e. The van der Waals surface area contributed by atoms with Gasteiger partial charge in [-0.15, -0.1) is 0 Å². The Labute approximate surface area is 259 Å². The van der Waals surface area contributed by atoms with E-state index in [1.165, 1.54) is 0 Å². The maximum atomic E-state index is 12.9. The van der Waals surface area contributed by atoms with Crippen LogP contribution in [0.3, 0.4) is 0 Å². The van der Waals surface area contributed by atoms with Gasteiger partial charge in [-0.3, -0.25) is 4.79 Å². The largest absolute Gasteiger partial charge is 0.490 e. The first kappa shape index (κ1) is 34.5. The zero-order valence-corrected chi connectivity index (χ0v) is 27.1. The van der Waals surface area contributed by atoms with Gasteiger partial charge in [-0.1, -0.05) is 91.2 Å². The van der Waals surface area contributed by atoms with Crippen molar-refractivity contribution in [3.63, 3.8) is 0 Å². The van der Waals surface area contributed by atoms with Crippen LogP contribution in [0.25, 0.3) is 5.57 Å². The standard InChI is InChI=1S/C37H54O6/c1-5-9-13-21-40-33-19-17-29(25-35(33)42-23-15-11-7-3)32-27-31(38)28-37(32,39)30-18-20-34(41-22-14-10-6-2)36(26-30)43-24-16-12-8-4/h17-20,25-27,39H,5-16,21-24,28H2,1-4H3. The van der Waals surface area contributed by atoms with E-state index in [-0.39, 0.29) is 12.2 Å². The Balaban J connectivity index is 1.91. The number of ketones is 1. The van der Waals surface area contributed by atoms with Crippen molar-refractivity contribution in [3.8, 4) is 23.0 Å². The molecule has 0 aromatic heterocycles. The van der Waals surface area contributed by atoms with Gasteiger partial charge in [-0.25, -0.2) is 0 Å². The molecule has 0 spiro atoms. The van der Waals surface area contributed by atoms with Gasteiger partial charge in [-0.2, -0.15) is 0 Å². The molecular weight excluding hydrogens is 540 g/mol. The third-order valence-electron chi connectivity index (χ3n) is 7.88. The highest BCUT2D eigenvalue weighted by Gasteiger charge is 2.42. The summed E-state index contributed by atoms with van der Waals surface area (Å²) in [5, 5.41) is 12.2. The molecule has 0 heterocycles. The van der Waals surface area contributed by atoms with Crippen molar-refractivity contribution >= 4 is 11.4 Å². The van der Waals surface area contributed by atoms with E-state index in [4.69, 9.17) is 18.9 Å². The molecule has 43 heavy (non-hydrogen) atoms. The van der Waals surface area contributed by atoms with Gasteiger partial charge in [0.15, 0.2) is 28.8 Å². The van der Waals surface area contributed by atoms with Gasteiger partial charge in [0, 0.05) is 6.42 Å². The minimum absolute atomic E-state index is 0.0315. The van der Waals surface area contributed by atoms with Gasteiger partial charge in [0.25, 0.3) is 0 Å². The van der Waals surface area contributed by atoms with E-state index in [0.29, 0.717) is 60.6 Å². The number of aliphatic hydroxyl groups is 1. The summed E-state index contributed by atoms with van der Waals surface area (Å²) in [5.41, 5.74) is 0.413. The summed E-state index contributed by atoms with van der Waals surface area (Å²) >= 11 is 0. The monoisotopic (exact) mass is 594 g/mol. The van der Waals surface area contributed by atoms with Gasteiger partial charge < -0.3 is 24.1 Å². The van der Waals surface area contributed by atoms with Crippen LogP contribution in [-0.2, 0) is 10.4 Å². The lowest BCUT2D eigenvalue weighted by molar-refractivity contribution is -0.116. The number of hydrogen-bond acceptors (Lipinski definition) is 6. The topological polar surface area (TPSA) is 74.2 Å². The summed E-state index contributed by atoms with van der Waals surface area (Å²) in [6.07, 6.45) is 14.2. The van der Waals surface area contributed by atoms with E-state index in [0.717, 1.165) is 82.6 Å². The second kappa shape index (κ2) is 18.6. The van der Waals surface area contributed by atoms with E-state index >= 15 is 0 Å². The molecular formula is C37H54O6. The highest BCUT2D eigenvalue weighted by Crippen LogP contribution is 2.47. The minimum atomic E-state index is -1.50. The Kier molecular flexibility index (Phi) is 14.9. The van der Waals surface area contributed by atoms with Crippen LogP contribution < -0.4 is 18.9 Å². The molecule has 0 fully saturated rings. The van der Waals surface area contributed by atoms with Crippen molar-refractivity contribution in [3.05, 3.63) is 53.6 Å². The Morgan fingerprint density at radius 3 is 1.53 bits per heavy atom. The van der Waals surface area contributed by atoms with E-state index in [9.17, 15) is 9.90 Å². The maximum absolute atomic E-state index is 12.9. The van der Waals surface area contributed by atoms with E-state index in [1.54, 1.807) is 6.08 Å². The van der Waals surface area contributed by atoms with E-state index in [2.05, 4.69) is 27.7 Å². The predicted molar refractivity (Wildman–Crippen MR) is 174 cm³/mol. The van der Waals surface area contributed by atoms with E-state index < -0.39 is 5.60 Å². The number of rotatable bonds is 22. The number of hydrogen-bond donors (Lipinski definition) is 1. The molecule has 0 radical (unpaired) electrons. The summed E-state index contributed by atoms with van der Waals surface area (Å²) in [5.74, 6) is 2.49. The molecule has 2 aromatic carbocycles. The average Bonchev–Trinajstić information content (AvgIpc) is 3.33. The zero-order valence-electron chi connectivity index (χ0n) is 27.1. The van der Waals surface area contributed by atoms with Crippen LogP contribution in [0.2, 0.25) is 0 Å². The highest BCUT2D eigenvalue weighted by molar-refractivity contribution is 6.05. The molecule has 238 valence electrons. The highest BCUT2D eigenvalue weighted by atomic mass is 16.5. The van der Waals surface area contributed by atoms with Crippen LogP contribution in [0.5, 0.6) is 23.0 Å². The summed E-state index contributed by atoms with van der Waals surface area (Å²) in [4.78, 5) is 12.9. The number of benzene rings is 2. The molecule has 1 aliphatic carbocycles. The Morgan fingerprint density at radius 2 is 1.05 bits per heavy atom. The quantitative estimate of drug-likeness (QED) is 0.137. The fraction of sp³-hybridized carbons (Fsp3) is 0.595. The van der Waals surface area contributed by atoms with Crippen LogP contribution in [0.4, 0.5) is 0 Å². The SMILES string of the molecule is CCCCCOc1ccc(C2=CC(=O)CC2(O)c2ccc(OCCCCC)c(OCCCCC)c2)cc1OCCCCC. The van der Waals surface area contributed by atoms with Crippen molar-refractivity contribution < 1.29 is 28.8 Å². The van der Waals surface area contributed by atoms with Gasteiger partial charge in [0.05, 0.1) is 26.4 Å². The third-order valence-corrected chi connectivity index (χ3v) is 7.88. The molecule has 2 aromatic rings. The van der Waals surface area contributed by atoms with Crippen LogP contribution in [-0.4, -0.2) is 37.3 Å². The molecule has 0 amide bonds. The molecule has 6 nitrogen and oxygen atoms in total. The molecule has 0 bridgehead atoms. The molecule has 1 atom stereocenters. The first-order valence-electron chi connectivity index (χ1n) is 16.7. The molecule has 0 aliphatic heterocycles. The summed E-state index contributed by atoms with van der Waals surface area (Å²) in [7, 11) is 0. The Morgan fingerprint density at radius 1 is 0.605 bits per heavy atom. The Bertz CT molecular complexity index is 1160. The predicted octanol–water partition coefficient (Wildman–Crippen LogP) is 9.21. The minimum Gasteiger partial charge on any atom is -0.490 e. The number of carbonyl (C=O) groups is 1. The van der Waals surface area contributed by atoms with Gasteiger partial charge >= 0.3 is 0 Å². The molecule has 6 heteroatoms. The normalized spacial score (nSPS) is 16.3. The number of allylic oxidation sites excluding steroid dienone is 1. The zero-order chi connectivity index (χ0) is 30.9. The first-order valence-corrected chi connectivity index (χ1v) is 16.7. The van der Waals surface area contributed by atoms with Gasteiger partial charge in [-0.05, 0) is 72.7 Å². The average molecular weight is 595 g/mol. The molecule has 0 saturated heterocycles. The molecule has 1 N–H and O–H groups in total. The molecule has 3 rings (SSSR count). The number of carbonyl (C=O) groups excluding carboxylic acids is 1. The lowest BCUT2D eigenvalue weighted by Gasteiger charge is -2.28. The van der Waals surface area contributed by atoms with Crippen LogP contribution in [0, 0.1) is 0 Å². The van der Waals surface area contributed by atoms with Crippen LogP contribution in [0.15, 0.2) is 42.5 Å². The van der Waals surface area contributed by atoms with Crippen molar-refractivity contribution in [2.45, 2.75) is 117 Å². The molecule has 0 saturated carbocycles. The van der Waals surface area contributed by atoms with E-state index in [1.807, 2.05) is 36.4 Å². The van der Waals surface area contributed by atoms with Crippen molar-refractivity contribution in [2.24, 2.45) is 0 Å². The summed E-state index contributed by atoms with van der Waals surface area (Å²) in [6, 6.07) is 11.3. The fourth-order valence-electron chi connectivity index (χ4n) is 5.30. The van der Waals surface area contributed by atoms with Gasteiger partial charge in [0.1, 0.15) is 5.60 Å². The van der Waals surface area contributed by atoms with Gasteiger partial charge in [0.2, 0.25) is 0 Å². The number of ether oxygens (including phenoxy) is 4. The summed E-state index contributed by atoms with van der Waals surface area (Å²) in [6.45, 7) is 11.1. The lowest BCUT2D eigenvalue weighted by atomic mass is 9.83. The van der Waals surface area contributed by atoms with Crippen molar-refractivity contribution in [2.75, 3.05) is 26.4 Å². The van der Waals surface area contributed by atoms with Crippen LogP contribution in [0.1, 0.15) is 122 Å².